The molecule has 26 heavy (non-hydrogen) atoms. The van der Waals surface area contributed by atoms with Gasteiger partial charge >= 0.3 is 0 Å². The van der Waals surface area contributed by atoms with Gasteiger partial charge < -0.3 is 19.6 Å². The number of likely N-dealkylation sites (tertiary alicyclic amines) is 2. The van der Waals surface area contributed by atoms with Gasteiger partial charge in [0, 0.05) is 44.4 Å². The van der Waals surface area contributed by atoms with Crippen LogP contribution in [-0.4, -0.2) is 71.3 Å². The van der Waals surface area contributed by atoms with Crippen LogP contribution in [0.4, 0.5) is 0 Å². The second-order valence-corrected chi connectivity index (χ2v) is 8.00. The summed E-state index contributed by atoms with van der Waals surface area (Å²) in [6.45, 7) is 4.44. The first-order valence-electron chi connectivity index (χ1n) is 10.1. The van der Waals surface area contributed by atoms with Crippen LogP contribution in [0.15, 0.2) is 30.3 Å². The van der Waals surface area contributed by atoms with Crippen molar-refractivity contribution in [2.24, 2.45) is 0 Å². The molecule has 1 spiro atoms. The van der Waals surface area contributed by atoms with E-state index in [-0.39, 0.29) is 17.6 Å². The van der Waals surface area contributed by atoms with E-state index in [0.29, 0.717) is 6.04 Å². The number of aliphatic hydroxyl groups excluding tert-OH is 1. The van der Waals surface area contributed by atoms with Crippen molar-refractivity contribution >= 4 is 5.91 Å². The molecule has 4 rings (SSSR count). The molecule has 3 aliphatic rings. The molecule has 1 amide bonds. The first-order chi connectivity index (χ1) is 12.7. The van der Waals surface area contributed by atoms with Gasteiger partial charge in [-0.1, -0.05) is 18.2 Å². The van der Waals surface area contributed by atoms with Gasteiger partial charge in [-0.3, -0.25) is 4.79 Å². The second kappa shape index (κ2) is 7.67. The summed E-state index contributed by atoms with van der Waals surface area (Å²) in [5.74, 6) is 0.153. The van der Waals surface area contributed by atoms with Crippen molar-refractivity contribution in [3.63, 3.8) is 0 Å². The summed E-state index contributed by atoms with van der Waals surface area (Å²) >= 11 is 0. The summed E-state index contributed by atoms with van der Waals surface area (Å²) in [7, 11) is 0. The lowest BCUT2D eigenvalue weighted by Crippen LogP contribution is -2.57. The molecule has 5 heteroatoms. The van der Waals surface area contributed by atoms with Crippen molar-refractivity contribution in [3.05, 3.63) is 35.9 Å². The molecule has 3 heterocycles. The van der Waals surface area contributed by atoms with Crippen molar-refractivity contribution in [2.75, 3.05) is 32.8 Å². The topological polar surface area (TPSA) is 53.0 Å². The van der Waals surface area contributed by atoms with Crippen LogP contribution in [-0.2, 0) is 4.74 Å². The number of nitrogens with zero attached hydrogens (tertiary/aromatic N) is 2. The minimum atomic E-state index is -0.302. The zero-order chi connectivity index (χ0) is 18.0. The summed E-state index contributed by atoms with van der Waals surface area (Å²) in [5.41, 5.74) is 0.493. The molecular weight excluding hydrogens is 328 g/mol. The fourth-order valence-electron chi connectivity index (χ4n) is 4.85. The van der Waals surface area contributed by atoms with Gasteiger partial charge in [0.05, 0.1) is 11.7 Å². The summed E-state index contributed by atoms with van der Waals surface area (Å²) in [5, 5.41) is 10.4. The zero-order valence-electron chi connectivity index (χ0n) is 15.5. The van der Waals surface area contributed by atoms with Crippen molar-refractivity contribution in [1.29, 1.82) is 0 Å². The number of rotatable bonds is 2. The smallest absolute Gasteiger partial charge is 0.253 e. The summed E-state index contributed by atoms with van der Waals surface area (Å²) in [4.78, 5) is 17.1. The molecule has 0 saturated carbocycles. The number of piperidine rings is 2. The van der Waals surface area contributed by atoms with E-state index < -0.39 is 0 Å². The largest absolute Gasteiger partial charge is 0.390 e. The Morgan fingerprint density at radius 1 is 1.04 bits per heavy atom. The average Bonchev–Trinajstić information content (AvgIpc) is 2.71. The molecule has 3 fully saturated rings. The molecule has 3 saturated heterocycles. The Hall–Kier alpha value is -1.43. The van der Waals surface area contributed by atoms with E-state index in [0.717, 1.165) is 76.9 Å². The van der Waals surface area contributed by atoms with Crippen LogP contribution >= 0.6 is 0 Å². The summed E-state index contributed by atoms with van der Waals surface area (Å²) in [6, 6.07) is 10.1. The average molecular weight is 358 g/mol. The second-order valence-electron chi connectivity index (χ2n) is 8.00. The number of amides is 1. The van der Waals surface area contributed by atoms with Gasteiger partial charge in [0.2, 0.25) is 0 Å². The number of carbonyl (C=O) groups is 1. The fraction of sp³-hybridized carbons (Fsp3) is 0.667. The molecule has 0 radical (unpaired) electrons. The number of aliphatic hydroxyl groups is 1. The van der Waals surface area contributed by atoms with Crippen LogP contribution in [0, 0.1) is 0 Å². The number of hydrogen-bond acceptors (Lipinski definition) is 4. The minimum Gasteiger partial charge on any atom is -0.390 e. The van der Waals surface area contributed by atoms with Crippen LogP contribution in [0.5, 0.6) is 0 Å². The van der Waals surface area contributed by atoms with E-state index >= 15 is 0 Å². The monoisotopic (exact) mass is 358 g/mol. The Morgan fingerprint density at radius 3 is 2.38 bits per heavy atom. The third-order valence-electron chi connectivity index (χ3n) is 6.55. The van der Waals surface area contributed by atoms with Crippen molar-refractivity contribution in [1.82, 2.24) is 9.80 Å². The quantitative estimate of drug-likeness (QED) is 0.881. The molecule has 1 aromatic carbocycles. The van der Waals surface area contributed by atoms with Gasteiger partial charge in [-0.25, -0.2) is 0 Å². The van der Waals surface area contributed by atoms with Crippen LogP contribution in [0.25, 0.3) is 0 Å². The lowest BCUT2D eigenvalue weighted by atomic mass is 9.81. The predicted molar refractivity (Wildman–Crippen MR) is 100 cm³/mol. The van der Waals surface area contributed by atoms with Gasteiger partial charge in [-0.05, 0) is 50.7 Å². The Morgan fingerprint density at radius 2 is 1.73 bits per heavy atom. The van der Waals surface area contributed by atoms with Gasteiger partial charge in [-0.15, -0.1) is 0 Å². The lowest BCUT2D eigenvalue weighted by molar-refractivity contribution is -0.179. The predicted octanol–water partition coefficient (Wildman–Crippen LogP) is 2.30. The van der Waals surface area contributed by atoms with Gasteiger partial charge in [0.1, 0.15) is 0 Å². The molecule has 0 bridgehead atoms. The summed E-state index contributed by atoms with van der Waals surface area (Å²) < 4.78 is 6.02. The van der Waals surface area contributed by atoms with E-state index in [1.165, 1.54) is 0 Å². The maximum absolute atomic E-state index is 12.6. The molecular formula is C21H30N2O3. The van der Waals surface area contributed by atoms with E-state index in [4.69, 9.17) is 4.74 Å². The molecule has 5 nitrogen and oxygen atoms in total. The molecule has 142 valence electrons. The highest BCUT2D eigenvalue weighted by Gasteiger charge is 2.44. The molecule has 0 unspecified atom stereocenters. The number of benzene rings is 1. The van der Waals surface area contributed by atoms with Crippen molar-refractivity contribution in [2.45, 2.75) is 56.3 Å². The highest BCUT2D eigenvalue weighted by Crippen LogP contribution is 2.36. The van der Waals surface area contributed by atoms with Gasteiger partial charge in [-0.2, -0.15) is 0 Å². The molecule has 0 aliphatic carbocycles. The molecule has 1 atom stereocenters. The Kier molecular flexibility index (Phi) is 5.30. The van der Waals surface area contributed by atoms with E-state index in [9.17, 15) is 9.90 Å². The van der Waals surface area contributed by atoms with Gasteiger partial charge in [0.15, 0.2) is 0 Å². The standard InChI is InChI=1S/C21H30N2O3/c24-19-7-4-16-26-21(19)10-14-22(15-11-21)18-8-12-23(13-9-18)20(25)17-5-2-1-3-6-17/h1-3,5-6,18-19,24H,4,7-16H2/t19-/m0/s1. The lowest BCUT2D eigenvalue weighted by Gasteiger charge is -2.49. The number of carbonyl (C=O) groups excluding carboxylic acids is 1. The van der Waals surface area contributed by atoms with Crippen LogP contribution in [0.2, 0.25) is 0 Å². The maximum Gasteiger partial charge on any atom is 0.253 e. The van der Waals surface area contributed by atoms with Crippen molar-refractivity contribution in [3.8, 4) is 0 Å². The molecule has 1 N–H and O–H groups in total. The molecule has 3 aliphatic heterocycles. The SMILES string of the molecule is O=C(c1ccccc1)N1CCC(N2CCC3(CC2)OCCC[C@@H]3O)CC1. The third kappa shape index (κ3) is 3.53. The normalized spacial score (nSPS) is 27.6. The van der Waals surface area contributed by atoms with E-state index in [1.54, 1.807) is 0 Å². The van der Waals surface area contributed by atoms with Crippen LogP contribution in [0.3, 0.4) is 0 Å². The molecule has 1 aromatic rings. The first-order valence-corrected chi connectivity index (χ1v) is 10.1. The molecule has 0 aromatic heterocycles. The van der Waals surface area contributed by atoms with E-state index in [2.05, 4.69) is 4.90 Å². The van der Waals surface area contributed by atoms with E-state index in [1.807, 2.05) is 35.2 Å². The Labute approximate surface area is 155 Å². The van der Waals surface area contributed by atoms with Crippen LogP contribution < -0.4 is 0 Å². The summed E-state index contributed by atoms with van der Waals surface area (Å²) in [6.07, 6.45) is 5.47. The highest BCUT2D eigenvalue weighted by molar-refractivity contribution is 5.94. The number of hydrogen-bond donors (Lipinski definition) is 1. The Balaban J connectivity index is 1.29. The third-order valence-corrected chi connectivity index (χ3v) is 6.55. The zero-order valence-corrected chi connectivity index (χ0v) is 15.5. The number of ether oxygens (including phenoxy) is 1. The van der Waals surface area contributed by atoms with Crippen molar-refractivity contribution < 1.29 is 14.6 Å². The maximum atomic E-state index is 12.6. The van der Waals surface area contributed by atoms with Crippen LogP contribution in [0.1, 0.15) is 48.9 Å². The Bertz CT molecular complexity index is 605. The minimum absolute atomic E-state index is 0.153. The highest BCUT2D eigenvalue weighted by atomic mass is 16.5. The first kappa shape index (κ1) is 18.0. The van der Waals surface area contributed by atoms with Gasteiger partial charge in [0.25, 0.3) is 5.91 Å². The fourth-order valence-corrected chi connectivity index (χ4v) is 4.85.